The van der Waals surface area contributed by atoms with Crippen molar-refractivity contribution < 1.29 is 4.39 Å². The number of nitrogens with one attached hydrogen (secondary N) is 1. The van der Waals surface area contributed by atoms with E-state index in [1.165, 1.54) is 18.4 Å². The van der Waals surface area contributed by atoms with Gasteiger partial charge < -0.3 is 5.32 Å². The van der Waals surface area contributed by atoms with Gasteiger partial charge in [-0.2, -0.15) is 0 Å². The fourth-order valence-electron chi connectivity index (χ4n) is 2.61. The molecule has 1 saturated heterocycles. The van der Waals surface area contributed by atoms with Crippen molar-refractivity contribution in [2.45, 2.75) is 38.8 Å². The number of nitrogens with zero attached hydrogens (tertiary/aromatic N) is 1. The van der Waals surface area contributed by atoms with Crippen molar-refractivity contribution in [3.63, 3.8) is 0 Å². The lowest BCUT2D eigenvalue weighted by Crippen LogP contribution is -2.33. The maximum absolute atomic E-state index is 12.9. The summed E-state index contributed by atoms with van der Waals surface area (Å²) in [7, 11) is 0. The minimum absolute atomic E-state index is 0.158. The molecule has 18 heavy (non-hydrogen) atoms. The van der Waals surface area contributed by atoms with Crippen LogP contribution in [-0.4, -0.2) is 30.6 Å². The number of likely N-dealkylation sites (tertiary alicyclic amines) is 1. The van der Waals surface area contributed by atoms with Crippen molar-refractivity contribution in [1.29, 1.82) is 0 Å². The summed E-state index contributed by atoms with van der Waals surface area (Å²) in [6.45, 7) is 7.72. The average molecular weight is 250 g/mol. The second-order valence-electron chi connectivity index (χ2n) is 5.16. The Balaban J connectivity index is 1.90. The van der Waals surface area contributed by atoms with Crippen LogP contribution >= 0.6 is 0 Å². The molecule has 0 amide bonds. The van der Waals surface area contributed by atoms with Crippen LogP contribution in [0.1, 0.15) is 38.3 Å². The third-order valence-corrected chi connectivity index (χ3v) is 3.80. The third kappa shape index (κ3) is 3.30. The van der Waals surface area contributed by atoms with Crippen molar-refractivity contribution >= 4 is 0 Å². The van der Waals surface area contributed by atoms with Crippen LogP contribution in [-0.2, 0) is 0 Å². The van der Waals surface area contributed by atoms with Gasteiger partial charge in [0.05, 0.1) is 0 Å². The second-order valence-corrected chi connectivity index (χ2v) is 5.16. The van der Waals surface area contributed by atoms with E-state index in [2.05, 4.69) is 24.1 Å². The van der Waals surface area contributed by atoms with Crippen LogP contribution in [0.5, 0.6) is 0 Å². The van der Waals surface area contributed by atoms with Gasteiger partial charge in [-0.05, 0) is 44.0 Å². The van der Waals surface area contributed by atoms with Gasteiger partial charge in [-0.1, -0.05) is 19.1 Å². The number of halogens is 1. The van der Waals surface area contributed by atoms with E-state index in [0.29, 0.717) is 12.1 Å². The molecule has 1 aliphatic rings. The second kappa shape index (κ2) is 6.30. The Labute approximate surface area is 109 Å². The first-order chi connectivity index (χ1) is 8.70. The quantitative estimate of drug-likeness (QED) is 0.864. The van der Waals surface area contributed by atoms with Crippen molar-refractivity contribution in [3.05, 3.63) is 35.6 Å². The van der Waals surface area contributed by atoms with Crippen LogP contribution in [0.15, 0.2) is 24.3 Å². The lowest BCUT2D eigenvalue weighted by molar-refractivity contribution is 0.255. The fraction of sp³-hybridized carbons (Fsp3) is 0.600. The highest BCUT2D eigenvalue weighted by Gasteiger charge is 2.26. The summed E-state index contributed by atoms with van der Waals surface area (Å²) in [4.78, 5) is 2.47. The molecule has 0 saturated carbocycles. The SMILES string of the molecule is CCCNC1CCN(C(C)c2ccc(F)cc2)C1. The van der Waals surface area contributed by atoms with E-state index in [4.69, 9.17) is 0 Å². The molecule has 1 aliphatic heterocycles. The average Bonchev–Trinajstić information content (AvgIpc) is 2.85. The summed E-state index contributed by atoms with van der Waals surface area (Å²) >= 11 is 0. The Morgan fingerprint density at radius 2 is 2.11 bits per heavy atom. The van der Waals surface area contributed by atoms with Gasteiger partial charge >= 0.3 is 0 Å². The summed E-state index contributed by atoms with van der Waals surface area (Å²) < 4.78 is 12.9. The predicted octanol–water partition coefficient (Wildman–Crippen LogP) is 2.96. The zero-order valence-electron chi connectivity index (χ0n) is 11.3. The number of hydrogen-bond donors (Lipinski definition) is 1. The lowest BCUT2D eigenvalue weighted by Gasteiger charge is -2.25. The first-order valence-electron chi connectivity index (χ1n) is 6.93. The van der Waals surface area contributed by atoms with Crippen LogP contribution < -0.4 is 5.32 Å². The minimum Gasteiger partial charge on any atom is -0.313 e. The largest absolute Gasteiger partial charge is 0.313 e. The Morgan fingerprint density at radius 3 is 2.78 bits per heavy atom. The van der Waals surface area contributed by atoms with E-state index in [9.17, 15) is 4.39 Å². The molecule has 1 fully saturated rings. The van der Waals surface area contributed by atoms with Crippen LogP contribution in [0.2, 0.25) is 0 Å². The van der Waals surface area contributed by atoms with Gasteiger partial charge in [-0.3, -0.25) is 4.90 Å². The van der Waals surface area contributed by atoms with Crippen molar-refractivity contribution in [2.75, 3.05) is 19.6 Å². The van der Waals surface area contributed by atoms with Gasteiger partial charge in [-0.15, -0.1) is 0 Å². The fourth-order valence-corrected chi connectivity index (χ4v) is 2.61. The Bertz CT molecular complexity index is 363. The van der Waals surface area contributed by atoms with Crippen LogP contribution in [0.4, 0.5) is 4.39 Å². The summed E-state index contributed by atoms with van der Waals surface area (Å²) in [6, 6.07) is 7.88. The zero-order valence-corrected chi connectivity index (χ0v) is 11.3. The summed E-state index contributed by atoms with van der Waals surface area (Å²) in [5, 5.41) is 3.58. The Morgan fingerprint density at radius 1 is 1.39 bits per heavy atom. The zero-order chi connectivity index (χ0) is 13.0. The maximum Gasteiger partial charge on any atom is 0.123 e. The number of benzene rings is 1. The molecule has 0 spiro atoms. The van der Waals surface area contributed by atoms with Gasteiger partial charge in [0.2, 0.25) is 0 Å². The molecular formula is C15H23FN2. The van der Waals surface area contributed by atoms with Gasteiger partial charge in [0.1, 0.15) is 5.82 Å². The van der Waals surface area contributed by atoms with E-state index < -0.39 is 0 Å². The monoisotopic (exact) mass is 250 g/mol. The highest BCUT2D eigenvalue weighted by Crippen LogP contribution is 2.24. The smallest absolute Gasteiger partial charge is 0.123 e. The van der Waals surface area contributed by atoms with Gasteiger partial charge in [0.25, 0.3) is 0 Å². The minimum atomic E-state index is -0.158. The van der Waals surface area contributed by atoms with Crippen molar-refractivity contribution in [1.82, 2.24) is 10.2 Å². The Kier molecular flexibility index (Phi) is 4.72. The molecule has 0 aromatic heterocycles. The molecule has 2 rings (SSSR count). The van der Waals surface area contributed by atoms with Gasteiger partial charge in [0, 0.05) is 25.2 Å². The molecular weight excluding hydrogens is 227 g/mol. The first-order valence-corrected chi connectivity index (χ1v) is 6.93. The normalized spacial score (nSPS) is 22.3. The molecule has 1 aromatic rings. The lowest BCUT2D eigenvalue weighted by atomic mass is 10.1. The molecule has 1 heterocycles. The van der Waals surface area contributed by atoms with Gasteiger partial charge in [0.15, 0.2) is 0 Å². The Hall–Kier alpha value is -0.930. The molecule has 100 valence electrons. The molecule has 3 heteroatoms. The molecule has 2 nitrogen and oxygen atoms in total. The molecule has 2 atom stereocenters. The molecule has 0 bridgehead atoms. The molecule has 1 N–H and O–H groups in total. The van der Waals surface area contributed by atoms with Crippen molar-refractivity contribution in [3.8, 4) is 0 Å². The van der Waals surface area contributed by atoms with Crippen LogP contribution in [0.3, 0.4) is 0 Å². The standard InChI is InChI=1S/C15H23FN2/c1-3-9-17-15-8-10-18(11-15)12(2)13-4-6-14(16)7-5-13/h4-7,12,15,17H,3,8-11H2,1-2H3. The topological polar surface area (TPSA) is 15.3 Å². The summed E-state index contributed by atoms with van der Waals surface area (Å²) in [6.07, 6.45) is 2.40. The van der Waals surface area contributed by atoms with Crippen LogP contribution in [0, 0.1) is 5.82 Å². The highest BCUT2D eigenvalue weighted by atomic mass is 19.1. The summed E-state index contributed by atoms with van der Waals surface area (Å²) in [5.41, 5.74) is 1.20. The molecule has 0 aliphatic carbocycles. The van der Waals surface area contributed by atoms with E-state index in [1.54, 1.807) is 12.1 Å². The van der Waals surface area contributed by atoms with E-state index in [0.717, 1.165) is 19.6 Å². The van der Waals surface area contributed by atoms with E-state index in [1.807, 2.05) is 12.1 Å². The van der Waals surface area contributed by atoms with Gasteiger partial charge in [-0.25, -0.2) is 4.39 Å². The number of hydrogen-bond acceptors (Lipinski definition) is 2. The molecule has 0 radical (unpaired) electrons. The molecule has 2 unspecified atom stereocenters. The molecule has 1 aromatic carbocycles. The maximum atomic E-state index is 12.9. The van der Waals surface area contributed by atoms with Crippen molar-refractivity contribution in [2.24, 2.45) is 0 Å². The predicted molar refractivity (Wildman–Crippen MR) is 73.1 cm³/mol. The van der Waals surface area contributed by atoms with E-state index in [-0.39, 0.29) is 5.82 Å². The summed E-state index contributed by atoms with van der Waals surface area (Å²) in [5.74, 6) is -0.158. The van der Waals surface area contributed by atoms with Crippen LogP contribution in [0.25, 0.3) is 0 Å². The van der Waals surface area contributed by atoms with E-state index >= 15 is 0 Å². The number of rotatable bonds is 5. The third-order valence-electron chi connectivity index (χ3n) is 3.80. The highest BCUT2D eigenvalue weighted by molar-refractivity contribution is 5.19. The first kappa shape index (κ1) is 13.5.